The molecule has 2 aromatic carbocycles. The predicted molar refractivity (Wildman–Crippen MR) is 111 cm³/mol. The van der Waals surface area contributed by atoms with Crippen LogP contribution in [0.5, 0.6) is 11.5 Å². The van der Waals surface area contributed by atoms with Crippen molar-refractivity contribution in [1.82, 2.24) is 25.1 Å². The van der Waals surface area contributed by atoms with Gasteiger partial charge in [0.1, 0.15) is 17.6 Å². The number of fused-ring (bicyclic) bond motifs is 1. The topological polar surface area (TPSA) is 97.3 Å². The van der Waals surface area contributed by atoms with E-state index in [1.165, 1.54) is 0 Å². The van der Waals surface area contributed by atoms with Gasteiger partial charge in [-0.3, -0.25) is 0 Å². The molecule has 0 aliphatic carbocycles. The molecule has 0 amide bonds. The minimum absolute atomic E-state index is 0.138. The number of methoxy groups -OCH3 is 2. The molecule has 3 heterocycles. The molecule has 158 valence electrons. The zero-order valence-electron chi connectivity index (χ0n) is 16.8. The van der Waals surface area contributed by atoms with Crippen LogP contribution in [0.2, 0.25) is 5.02 Å². The Hall–Kier alpha value is -3.43. The standard InChI is InChI=1S/C21H18ClN5O4/c1-28-14-7-8-15(17(9-14)29-2)20-23-21(31-25-20)19-16-11-30-18(10-27(16)26-24-19)12-3-5-13(22)6-4-12/h3-9,18H,10-11H2,1-2H3. The van der Waals surface area contributed by atoms with Crippen molar-refractivity contribution in [1.29, 1.82) is 0 Å². The van der Waals surface area contributed by atoms with Crippen LogP contribution in [0.1, 0.15) is 17.4 Å². The van der Waals surface area contributed by atoms with Crippen LogP contribution in [0.15, 0.2) is 47.0 Å². The molecular weight excluding hydrogens is 422 g/mol. The van der Waals surface area contributed by atoms with E-state index in [-0.39, 0.29) is 12.0 Å². The van der Waals surface area contributed by atoms with Crippen molar-refractivity contribution in [2.45, 2.75) is 19.3 Å². The normalized spacial score (nSPS) is 15.5. The zero-order valence-corrected chi connectivity index (χ0v) is 17.5. The number of aromatic nitrogens is 5. The van der Waals surface area contributed by atoms with E-state index >= 15 is 0 Å². The number of rotatable bonds is 5. The van der Waals surface area contributed by atoms with Gasteiger partial charge in [0.15, 0.2) is 5.69 Å². The van der Waals surface area contributed by atoms with Gasteiger partial charge in [0.2, 0.25) is 5.82 Å². The van der Waals surface area contributed by atoms with Crippen molar-refractivity contribution in [2.75, 3.05) is 14.2 Å². The molecule has 5 rings (SSSR count). The molecule has 0 saturated carbocycles. The molecule has 1 atom stereocenters. The minimum Gasteiger partial charge on any atom is -0.497 e. The van der Waals surface area contributed by atoms with E-state index in [0.29, 0.717) is 46.8 Å². The first-order valence-corrected chi connectivity index (χ1v) is 9.90. The Morgan fingerprint density at radius 2 is 1.94 bits per heavy atom. The summed E-state index contributed by atoms with van der Waals surface area (Å²) in [6, 6.07) is 13.0. The fourth-order valence-corrected chi connectivity index (χ4v) is 3.60. The van der Waals surface area contributed by atoms with Gasteiger partial charge in [0, 0.05) is 11.1 Å². The Labute approximate surface area is 182 Å². The van der Waals surface area contributed by atoms with Gasteiger partial charge in [0.25, 0.3) is 5.89 Å². The maximum atomic E-state index is 6.04. The summed E-state index contributed by atoms with van der Waals surface area (Å²) in [7, 11) is 3.17. The molecule has 9 nitrogen and oxygen atoms in total. The van der Waals surface area contributed by atoms with Crippen molar-refractivity contribution in [3.05, 3.63) is 58.7 Å². The van der Waals surface area contributed by atoms with Crippen LogP contribution in [0.25, 0.3) is 23.0 Å². The highest BCUT2D eigenvalue weighted by Crippen LogP contribution is 2.34. The number of hydrogen-bond donors (Lipinski definition) is 0. The summed E-state index contributed by atoms with van der Waals surface area (Å²) < 4.78 is 24.0. The fraction of sp³-hybridized carbons (Fsp3) is 0.238. The Balaban J connectivity index is 1.42. The second-order valence-corrected chi connectivity index (χ2v) is 7.34. The zero-order chi connectivity index (χ0) is 21.4. The molecule has 0 bridgehead atoms. The van der Waals surface area contributed by atoms with Gasteiger partial charge in [-0.05, 0) is 29.8 Å². The molecular formula is C21H18ClN5O4. The van der Waals surface area contributed by atoms with Crippen LogP contribution >= 0.6 is 11.6 Å². The first-order valence-electron chi connectivity index (χ1n) is 9.52. The number of nitrogens with zero attached hydrogens (tertiary/aromatic N) is 5. The number of ether oxygens (including phenoxy) is 3. The summed E-state index contributed by atoms with van der Waals surface area (Å²) in [5, 5.41) is 13.3. The van der Waals surface area contributed by atoms with Gasteiger partial charge in [-0.25, -0.2) is 4.68 Å². The molecule has 10 heteroatoms. The predicted octanol–water partition coefficient (Wildman–Crippen LogP) is 3.94. The number of halogens is 1. The lowest BCUT2D eigenvalue weighted by Gasteiger charge is -2.24. The van der Waals surface area contributed by atoms with Crippen molar-refractivity contribution in [2.24, 2.45) is 0 Å². The van der Waals surface area contributed by atoms with Crippen LogP contribution in [0.4, 0.5) is 0 Å². The number of benzene rings is 2. The molecule has 1 aliphatic rings. The Morgan fingerprint density at radius 3 is 2.71 bits per heavy atom. The van der Waals surface area contributed by atoms with E-state index in [1.54, 1.807) is 31.0 Å². The first kappa shape index (κ1) is 19.5. The van der Waals surface area contributed by atoms with E-state index < -0.39 is 0 Å². The third-order valence-corrected chi connectivity index (χ3v) is 5.37. The average Bonchev–Trinajstić information content (AvgIpc) is 3.45. The summed E-state index contributed by atoms with van der Waals surface area (Å²) in [6.45, 7) is 0.844. The largest absolute Gasteiger partial charge is 0.497 e. The van der Waals surface area contributed by atoms with Gasteiger partial charge < -0.3 is 18.7 Å². The van der Waals surface area contributed by atoms with E-state index in [2.05, 4.69) is 20.5 Å². The lowest BCUT2D eigenvalue weighted by Crippen LogP contribution is -2.22. The van der Waals surface area contributed by atoms with Gasteiger partial charge in [-0.1, -0.05) is 34.1 Å². The summed E-state index contributed by atoms with van der Waals surface area (Å²) in [5.74, 6) is 1.89. The summed E-state index contributed by atoms with van der Waals surface area (Å²) in [6.07, 6.45) is -0.138. The summed E-state index contributed by atoms with van der Waals surface area (Å²) in [4.78, 5) is 4.50. The Kier molecular flexibility index (Phi) is 5.05. The highest BCUT2D eigenvalue weighted by molar-refractivity contribution is 6.30. The molecule has 0 N–H and O–H groups in total. The lowest BCUT2D eigenvalue weighted by molar-refractivity contribution is -0.00117. The van der Waals surface area contributed by atoms with Gasteiger partial charge in [0.05, 0.1) is 38.6 Å². The number of hydrogen-bond acceptors (Lipinski definition) is 8. The van der Waals surface area contributed by atoms with Crippen LogP contribution < -0.4 is 9.47 Å². The third kappa shape index (κ3) is 3.62. The van der Waals surface area contributed by atoms with Crippen molar-refractivity contribution < 1.29 is 18.7 Å². The van der Waals surface area contributed by atoms with E-state index in [1.807, 2.05) is 30.3 Å². The maximum Gasteiger partial charge on any atom is 0.280 e. The second kappa shape index (κ2) is 8.01. The monoisotopic (exact) mass is 439 g/mol. The molecule has 4 aromatic rings. The molecule has 31 heavy (non-hydrogen) atoms. The van der Waals surface area contributed by atoms with Crippen LogP contribution in [-0.2, 0) is 17.9 Å². The van der Waals surface area contributed by atoms with E-state index in [9.17, 15) is 0 Å². The maximum absolute atomic E-state index is 6.04. The minimum atomic E-state index is -0.138. The van der Waals surface area contributed by atoms with Crippen LogP contribution in [0.3, 0.4) is 0 Å². The van der Waals surface area contributed by atoms with Gasteiger partial charge >= 0.3 is 0 Å². The fourth-order valence-electron chi connectivity index (χ4n) is 3.47. The molecule has 0 fully saturated rings. The summed E-state index contributed by atoms with van der Waals surface area (Å²) in [5.41, 5.74) is 2.99. The second-order valence-electron chi connectivity index (χ2n) is 6.91. The van der Waals surface area contributed by atoms with Gasteiger partial charge in [-0.15, -0.1) is 5.10 Å². The quantitative estimate of drug-likeness (QED) is 0.461. The highest BCUT2D eigenvalue weighted by atomic mass is 35.5. The lowest BCUT2D eigenvalue weighted by atomic mass is 10.1. The third-order valence-electron chi connectivity index (χ3n) is 5.12. The SMILES string of the molecule is COc1ccc(-c2noc(-c3nnn4c3COC(c3ccc(Cl)cc3)C4)n2)c(OC)c1. The Morgan fingerprint density at radius 1 is 1.10 bits per heavy atom. The molecule has 2 aromatic heterocycles. The Bertz CT molecular complexity index is 1220. The van der Waals surface area contributed by atoms with Crippen LogP contribution in [0, 0.1) is 0 Å². The van der Waals surface area contributed by atoms with Gasteiger partial charge in [-0.2, -0.15) is 4.98 Å². The molecule has 1 unspecified atom stereocenters. The van der Waals surface area contributed by atoms with Crippen molar-refractivity contribution in [3.8, 4) is 34.5 Å². The molecule has 0 saturated heterocycles. The molecule has 0 radical (unpaired) electrons. The smallest absolute Gasteiger partial charge is 0.280 e. The van der Waals surface area contributed by atoms with Crippen molar-refractivity contribution >= 4 is 11.6 Å². The van der Waals surface area contributed by atoms with Crippen molar-refractivity contribution in [3.63, 3.8) is 0 Å². The molecule has 1 aliphatic heterocycles. The molecule has 0 spiro atoms. The van der Waals surface area contributed by atoms with Crippen LogP contribution in [-0.4, -0.2) is 39.4 Å². The first-order chi connectivity index (χ1) is 15.2. The summed E-state index contributed by atoms with van der Waals surface area (Å²) >= 11 is 5.98. The van der Waals surface area contributed by atoms with E-state index in [0.717, 1.165) is 11.3 Å². The van der Waals surface area contributed by atoms with E-state index in [4.69, 9.17) is 30.3 Å². The average molecular weight is 440 g/mol. The highest BCUT2D eigenvalue weighted by Gasteiger charge is 2.28.